The van der Waals surface area contributed by atoms with Crippen LogP contribution in [0.3, 0.4) is 0 Å². The van der Waals surface area contributed by atoms with Gasteiger partial charge in [0.2, 0.25) is 0 Å². The lowest BCUT2D eigenvalue weighted by atomic mass is 9.64. The molecule has 1 N–H and O–H groups in total. The molecule has 2 heteroatoms. The van der Waals surface area contributed by atoms with Gasteiger partial charge in [-0.25, -0.2) is 0 Å². The Kier molecular flexibility index (Phi) is 2.80. The largest absolute Gasteiger partial charge is 0.507 e. The number of fused-ring (bicyclic) bond motifs is 2. The molecule has 2 fully saturated rings. The molecule has 2 aliphatic carbocycles. The van der Waals surface area contributed by atoms with Crippen molar-refractivity contribution in [2.45, 2.75) is 52.9 Å². The van der Waals surface area contributed by atoms with Crippen LogP contribution in [0, 0.1) is 23.7 Å². The van der Waals surface area contributed by atoms with Crippen molar-refractivity contribution < 1.29 is 9.90 Å². The molecule has 20 heavy (non-hydrogen) atoms. The summed E-state index contributed by atoms with van der Waals surface area (Å²) in [5.41, 5.74) is 3.02. The number of phenols is 1. The van der Waals surface area contributed by atoms with Gasteiger partial charge in [0.05, 0.1) is 0 Å². The third-order valence-corrected chi connectivity index (χ3v) is 6.66. The highest BCUT2D eigenvalue weighted by Gasteiger charge is 2.61. The lowest BCUT2D eigenvalue weighted by molar-refractivity contribution is 0.112. The van der Waals surface area contributed by atoms with Crippen LogP contribution >= 0.6 is 0 Å². The number of aromatic hydroxyl groups is 1. The Hall–Kier alpha value is -1.31. The van der Waals surface area contributed by atoms with Gasteiger partial charge in [0.25, 0.3) is 0 Å². The number of carbonyl (C=O) groups is 1. The number of carbonyl (C=O) groups excluding carboxylic acids is 1. The fourth-order valence-corrected chi connectivity index (χ4v) is 4.84. The third kappa shape index (κ3) is 1.54. The molecule has 0 heterocycles. The highest BCUT2D eigenvalue weighted by atomic mass is 16.3. The van der Waals surface area contributed by atoms with Gasteiger partial charge in [-0.3, -0.25) is 4.79 Å². The van der Waals surface area contributed by atoms with Crippen molar-refractivity contribution in [2.24, 2.45) is 16.7 Å². The average molecular weight is 272 g/mol. The number of aryl methyl sites for hydroxylation is 1. The molecule has 0 aliphatic heterocycles. The highest BCUT2D eigenvalue weighted by molar-refractivity contribution is 5.76. The van der Waals surface area contributed by atoms with E-state index in [1.54, 1.807) is 6.07 Å². The summed E-state index contributed by atoms with van der Waals surface area (Å²) in [5, 5.41) is 10.5. The van der Waals surface area contributed by atoms with Gasteiger partial charge in [-0.2, -0.15) is 0 Å². The first-order valence-electron chi connectivity index (χ1n) is 7.60. The quantitative estimate of drug-likeness (QED) is 0.808. The molecule has 0 radical (unpaired) electrons. The number of hydrogen-bond acceptors (Lipinski definition) is 2. The lowest BCUT2D eigenvalue weighted by Gasteiger charge is -2.40. The summed E-state index contributed by atoms with van der Waals surface area (Å²) in [5.74, 6) is 1.50. The predicted octanol–water partition coefficient (Wildman–Crippen LogP) is 4.44. The summed E-state index contributed by atoms with van der Waals surface area (Å²) in [6.07, 6.45) is 4.54. The standard InChI is InChI=1S/C18H24O2/c1-11-7-12(10-19)8-14(16(11)20)15-9-13-5-6-18(15,4)17(13,2)3/h7-8,10,13,15,20H,5-6,9H2,1-4H3/t13-,15+,18+/m0/s1. The van der Waals surface area contributed by atoms with Crippen molar-refractivity contribution in [2.75, 3.05) is 0 Å². The maximum Gasteiger partial charge on any atom is 0.150 e. The van der Waals surface area contributed by atoms with Gasteiger partial charge < -0.3 is 5.11 Å². The molecule has 108 valence electrons. The zero-order valence-corrected chi connectivity index (χ0v) is 12.9. The zero-order chi connectivity index (χ0) is 14.7. The van der Waals surface area contributed by atoms with E-state index in [1.165, 1.54) is 12.8 Å². The second-order valence-corrected chi connectivity index (χ2v) is 7.56. The fourth-order valence-electron chi connectivity index (χ4n) is 4.84. The zero-order valence-electron chi connectivity index (χ0n) is 12.9. The molecule has 3 rings (SSSR count). The van der Waals surface area contributed by atoms with Crippen LogP contribution in [0.15, 0.2) is 12.1 Å². The van der Waals surface area contributed by atoms with E-state index in [0.717, 1.165) is 29.8 Å². The summed E-state index contributed by atoms with van der Waals surface area (Å²) >= 11 is 0. The van der Waals surface area contributed by atoms with Crippen LogP contribution in [0.5, 0.6) is 5.75 Å². The minimum atomic E-state index is 0.225. The van der Waals surface area contributed by atoms with Crippen molar-refractivity contribution in [1.29, 1.82) is 0 Å². The maximum absolute atomic E-state index is 11.1. The first kappa shape index (κ1) is 13.7. The van der Waals surface area contributed by atoms with Crippen molar-refractivity contribution in [1.82, 2.24) is 0 Å². The number of aldehydes is 1. The maximum atomic E-state index is 11.1. The Bertz CT molecular complexity index is 573. The Labute approximate surface area is 121 Å². The molecule has 2 saturated carbocycles. The SMILES string of the molecule is Cc1cc(C=O)cc([C@H]2C[C@@H]3CC[C@@]2(C)C3(C)C)c1O. The average Bonchev–Trinajstić information content (AvgIpc) is 2.74. The molecule has 2 nitrogen and oxygen atoms in total. The Balaban J connectivity index is 2.12. The van der Waals surface area contributed by atoms with Crippen LogP contribution < -0.4 is 0 Å². The lowest BCUT2D eigenvalue weighted by Crippen LogP contribution is -2.31. The Morgan fingerprint density at radius 2 is 2.00 bits per heavy atom. The van der Waals surface area contributed by atoms with E-state index in [-0.39, 0.29) is 5.41 Å². The predicted molar refractivity (Wildman–Crippen MR) is 80.2 cm³/mol. The fraction of sp³-hybridized carbons (Fsp3) is 0.611. The number of benzene rings is 1. The Morgan fingerprint density at radius 3 is 2.50 bits per heavy atom. The van der Waals surface area contributed by atoms with Crippen molar-refractivity contribution >= 4 is 6.29 Å². The second-order valence-electron chi connectivity index (χ2n) is 7.56. The van der Waals surface area contributed by atoms with Gasteiger partial charge in [-0.15, -0.1) is 0 Å². The minimum absolute atomic E-state index is 0.225. The van der Waals surface area contributed by atoms with Gasteiger partial charge in [0.15, 0.2) is 0 Å². The van der Waals surface area contributed by atoms with Crippen LogP contribution in [0.4, 0.5) is 0 Å². The third-order valence-electron chi connectivity index (χ3n) is 6.66. The van der Waals surface area contributed by atoms with Crippen LogP contribution in [0.25, 0.3) is 0 Å². The Morgan fingerprint density at radius 1 is 1.30 bits per heavy atom. The molecule has 0 unspecified atom stereocenters. The molecular weight excluding hydrogens is 248 g/mol. The second kappa shape index (κ2) is 4.09. The molecule has 0 aromatic heterocycles. The van der Waals surface area contributed by atoms with Crippen LogP contribution in [-0.4, -0.2) is 11.4 Å². The van der Waals surface area contributed by atoms with Crippen LogP contribution in [0.1, 0.15) is 67.4 Å². The smallest absolute Gasteiger partial charge is 0.150 e. The van der Waals surface area contributed by atoms with Gasteiger partial charge >= 0.3 is 0 Å². The van der Waals surface area contributed by atoms with E-state index in [2.05, 4.69) is 20.8 Å². The topological polar surface area (TPSA) is 37.3 Å². The van der Waals surface area contributed by atoms with Crippen LogP contribution in [-0.2, 0) is 0 Å². The normalized spacial score (nSPS) is 34.4. The molecule has 3 atom stereocenters. The highest BCUT2D eigenvalue weighted by Crippen LogP contribution is 2.71. The van der Waals surface area contributed by atoms with Crippen molar-refractivity contribution in [3.8, 4) is 5.75 Å². The van der Waals surface area contributed by atoms with Gasteiger partial charge in [-0.05, 0) is 72.1 Å². The first-order chi connectivity index (χ1) is 9.31. The van der Waals surface area contributed by atoms with E-state index in [0.29, 0.717) is 22.6 Å². The van der Waals surface area contributed by atoms with Gasteiger partial charge in [0, 0.05) is 5.56 Å². The number of phenolic OH excluding ortho intramolecular Hbond substituents is 1. The summed E-state index contributed by atoms with van der Waals surface area (Å²) < 4.78 is 0. The molecule has 1 aromatic rings. The molecule has 0 amide bonds. The first-order valence-corrected chi connectivity index (χ1v) is 7.60. The molecule has 0 saturated heterocycles. The molecule has 2 aliphatic rings. The van der Waals surface area contributed by atoms with Crippen molar-refractivity contribution in [3.63, 3.8) is 0 Å². The summed E-state index contributed by atoms with van der Waals surface area (Å²) in [6, 6.07) is 3.68. The number of hydrogen-bond donors (Lipinski definition) is 1. The summed E-state index contributed by atoms with van der Waals surface area (Å²) in [6.45, 7) is 9.00. The molecule has 2 bridgehead atoms. The monoisotopic (exact) mass is 272 g/mol. The van der Waals surface area contributed by atoms with Gasteiger partial charge in [0.1, 0.15) is 12.0 Å². The summed E-state index contributed by atoms with van der Waals surface area (Å²) in [4.78, 5) is 11.1. The minimum Gasteiger partial charge on any atom is -0.507 e. The molecular formula is C18H24O2. The molecule has 1 aromatic carbocycles. The summed E-state index contributed by atoms with van der Waals surface area (Å²) in [7, 11) is 0. The van der Waals surface area contributed by atoms with Crippen molar-refractivity contribution in [3.05, 3.63) is 28.8 Å². The number of rotatable bonds is 2. The van der Waals surface area contributed by atoms with E-state index in [4.69, 9.17) is 0 Å². The van der Waals surface area contributed by atoms with E-state index < -0.39 is 0 Å². The van der Waals surface area contributed by atoms with Gasteiger partial charge in [-0.1, -0.05) is 20.8 Å². The van der Waals surface area contributed by atoms with Crippen LogP contribution in [0.2, 0.25) is 0 Å². The van der Waals surface area contributed by atoms with E-state index in [9.17, 15) is 9.90 Å². The van der Waals surface area contributed by atoms with E-state index in [1.807, 2.05) is 13.0 Å². The molecule has 0 spiro atoms. The van der Waals surface area contributed by atoms with E-state index >= 15 is 0 Å².